The molecule has 0 aromatic rings. The zero-order chi connectivity index (χ0) is 13.8. The molecule has 0 aliphatic heterocycles. The Morgan fingerprint density at radius 3 is 2.61 bits per heavy atom. The molecular weight excluding hydrogens is 230 g/mol. The van der Waals surface area contributed by atoms with Gasteiger partial charge in [-0.05, 0) is 26.3 Å². The van der Waals surface area contributed by atoms with Crippen LogP contribution in [-0.2, 0) is 9.53 Å². The fourth-order valence-electron chi connectivity index (χ4n) is 2.45. The summed E-state index contributed by atoms with van der Waals surface area (Å²) in [5.74, 6) is -0.0690. The van der Waals surface area contributed by atoms with E-state index in [-0.39, 0.29) is 17.4 Å². The van der Waals surface area contributed by atoms with Crippen LogP contribution >= 0.6 is 0 Å². The van der Waals surface area contributed by atoms with E-state index in [0.717, 1.165) is 12.8 Å². The molecule has 18 heavy (non-hydrogen) atoms. The summed E-state index contributed by atoms with van der Waals surface area (Å²) >= 11 is 0. The molecule has 0 aromatic carbocycles. The lowest BCUT2D eigenvalue weighted by molar-refractivity contribution is -0.170. The number of unbranched alkanes of at least 4 members (excludes halogenated alkanes) is 1. The maximum Gasteiger partial charge on any atom is 0.240 e. The summed E-state index contributed by atoms with van der Waals surface area (Å²) < 4.78 is 5.61. The van der Waals surface area contributed by atoms with Gasteiger partial charge >= 0.3 is 0 Å². The second kappa shape index (κ2) is 5.99. The van der Waals surface area contributed by atoms with Crippen LogP contribution in [-0.4, -0.2) is 37.2 Å². The number of carbonyl (C=O) groups excluding carboxylic acids is 1. The first kappa shape index (κ1) is 15.4. The first-order valence-corrected chi connectivity index (χ1v) is 6.79. The molecule has 0 saturated heterocycles. The fraction of sp³-hybridized carbons (Fsp3) is 0.923. The van der Waals surface area contributed by atoms with Crippen LogP contribution in [0.2, 0.25) is 0 Å². The van der Waals surface area contributed by atoms with Gasteiger partial charge in [0.05, 0.1) is 6.10 Å². The summed E-state index contributed by atoms with van der Waals surface area (Å²) in [6.45, 7) is 7.90. The first-order chi connectivity index (χ1) is 8.40. The maximum absolute atomic E-state index is 12.2. The summed E-state index contributed by atoms with van der Waals surface area (Å²) in [6.07, 6.45) is 2.48. The molecule has 1 rings (SSSR count). The molecule has 5 N–H and O–H groups in total. The van der Waals surface area contributed by atoms with Crippen molar-refractivity contribution in [3.63, 3.8) is 0 Å². The highest BCUT2D eigenvalue weighted by molar-refractivity contribution is 5.88. The lowest BCUT2D eigenvalue weighted by Gasteiger charge is -2.57. The van der Waals surface area contributed by atoms with E-state index in [2.05, 4.69) is 5.32 Å². The molecule has 2 atom stereocenters. The van der Waals surface area contributed by atoms with Gasteiger partial charge in [0.25, 0.3) is 0 Å². The number of carbonyl (C=O) groups is 1. The van der Waals surface area contributed by atoms with Crippen molar-refractivity contribution in [2.45, 2.75) is 51.7 Å². The van der Waals surface area contributed by atoms with Gasteiger partial charge in [0, 0.05) is 25.0 Å². The largest absolute Gasteiger partial charge is 0.378 e. The number of hydrogen-bond donors (Lipinski definition) is 3. The van der Waals surface area contributed by atoms with Crippen molar-refractivity contribution >= 4 is 5.91 Å². The molecule has 1 saturated carbocycles. The zero-order valence-electron chi connectivity index (χ0n) is 11.8. The number of amides is 1. The van der Waals surface area contributed by atoms with Crippen LogP contribution in [0.4, 0.5) is 0 Å². The van der Waals surface area contributed by atoms with Gasteiger partial charge in [-0.1, -0.05) is 13.8 Å². The van der Waals surface area contributed by atoms with Crippen LogP contribution in [0.25, 0.3) is 0 Å². The van der Waals surface area contributed by atoms with E-state index in [4.69, 9.17) is 16.2 Å². The van der Waals surface area contributed by atoms with Gasteiger partial charge in [-0.3, -0.25) is 4.79 Å². The molecule has 0 heterocycles. The summed E-state index contributed by atoms with van der Waals surface area (Å²) in [5, 5.41) is 2.90. The smallest absolute Gasteiger partial charge is 0.240 e. The van der Waals surface area contributed by atoms with Gasteiger partial charge in [-0.2, -0.15) is 0 Å². The third kappa shape index (κ3) is 2.68. The lowest BCUT2D eigenvalue weighted by atomic mass is 9.54. The van der Waals surface area contributed by atoms with Crippen molar-refractivity contribution in [1.82, 2.24) is 5.32 Å². The fourth-order valence-corrected chi connectivity index (χ4v) is 2.45. The molecule has 1 fully saturated rings. The summed E-state index contributed by atoms with van der Waals surface area (Å²) in [4.78, 5) is 12.2. The highest BCUT2D eigenvalue weighted by Gasteiger charge is 2.62. The van der Waals surface area contributed by atoms with Crippen LogP contribution in [0.15, 0.2) is 0 Å². The molecule has 0 spiro atoms. The minimum absolute atomic E-state index is 0.0690. The van der Waals surface area contributed by atoms with Crippen molar-refractivity contribution in [3.8, 4) is 0 Å². The predicted molar refractivity (Wildman–Crippen MR) is 72.0 cm³/mol. The Morgan fingerprint density at radius 2 is 2.11 bits per heavy atom. The van der Waals surface area contributed by atoms with E-state index in [1.165, 1.54) is 0 Å². The standard InChI is InChI=1S/C13H27N3O2/c1-4-18-10-9-13(15,12(10,2)3)11(17)16-8-6-5-7-14/h10H,4-9,14-15H2,1-3H3,(H,16,17). The normalized spacial score (nSPS) is 29.7. The third-order valence-electron chi connectivity index (χ3n) is 4.15. The lowest BCUT2D eigenvalue weighted by Crippen LogP contribution is -2.75. The van der Waals surface area contributed by atoms with Gasteiger partial charge in [-0.25, -0.2) is 0 Å². The summed E-state index contributed by atoms with van der Waals surface area (Å²) in [7, 11) is 0. The second-order valence-electron chi connectivity index (χ2n) is 5.59. The minimum Gasteiger partial charge on any atom is -0.378 e. The molecule has 0 aromatic heterocycles. The number of hydrogen-bond acceptors (Lipinski definition) is 4. The van der Waals surface area contributed by atoms with Gasteiger partial charge in [0.1, 0.15) is 5.54 Å². The predicted octanol–water partition coefficient (Wildman–Crippen LogP) is 0.374. The number of rotatable bonds is 7. The van der Waals surface area contributed by atoms with Gasteiger partial charge in [0.2, 0.25) is 5.91 Å². The molecular formula is C13H27N3O2. The van der Waals surface area contributed by atoms with Crippen LogP contribution in [0.3, 0.4) is 0 Å². The van der Waals surface area contributed by atoms with E-state index < -0.39 is 5.54 Å². The minimum atomic E-state index is -0.810. The summed E-state index contributed by atoms with van der Waals surface area (Å²) in [6, 6.07) is 0. The Labute approximate surface area is 110 Å². The summed E-state index contributed by atoms with van der Waals surface area (Å²) in [5.41, 5.74) is 10.5. The van der Waals surface area contributed by atoms with Gasteiger partial charge < -0.3 is 21.5 Å². The number of ether oxygens (including phenoxy) is 1. The quantitative estimate of drug-likeness (QED) is 0.575. The maximum atomic E-state index is 12.2. The van der Waals surface area contributed by atoms with Crippen LogP contribution in [0.5, 0.6) is 0 Å². The van der Waals surface area contributed by atoms with Crippen molar-refractivity contribution in [2.24, 2.45) is 16.9 Å². The first-order valence-electron chi connectivity index (χ1n) is 6.79. The average Bonchev–Trinajstić information content (AvgIpc) is 2.33. The van der Waals surface area contributed by atoms with Crippen molar-refractivity contribution < 1.29 is 9.53 Å². The van der Waals surface area contributed by atoms with Crippen LogP contribution in [0, 0.1) is 5.41 Å². The molecule has 0 radical (unpaired) electrons. The highest BCUT2D eigenvalue weighted by atomic mass is 16.5. The van der Waals surface area contributed by atoms with E-state index in [9.17, 15) is 4.79 Å². The van der Waals surface area contributed by atoms with E-state index in [1.807, 2.05) is 20.8 Å². The van der Waals surface area contributed by atoms with Crippen molar-refractivity contribution in [3.05, 3.63) is 0 Å². The SMILES string of the molecule is CCOC1CC(N)(C(=O)NCCCCN)C1(C)C. The number of nitrogens with two attached hydrogens (primary N) is 2. The Bertz CT molecular complexity index is 294. The highest BCUT2D eigenvalue weighted by Crippen LogP contribution is 2.49. The molecule has 2 unspecified atom stereocenters. The Balaban J connectivity index is 2.48. The molecule has 1 aliphatic rings. The zero-order valence-corrected chi connectivity index (χ0v) is 11.8. The monoisotopic (exact) mass is 257 g/mol. The molecule has 106 valence electrons. The molecule has 5 nitrogen and oxygen atoms in total. The van der Waals surface area contributed by atoms with Gasteiger partial charge in [0.15, 0.2) is 0 Å². The third-order valence-corrected chi connectivity index (χ3v) is 4.15. The molecule has 5 heteroatoms. The van der Waals surface area contributed by atoms with Crippen molar-refractivity contribution in [1.29, 1.82) is 0 Å². The average molecular weight is 257 g/mol. The topological polar surface area (TPSA) is 90.4 Å². The van der Waals surface area contributed by atoms with E-state index in [1.54, 1.807) is 0 Å². The molecule has 1 aliphatic carbocycles. The Morgan fingerprint density at radius 1 is 1.44 bits per heavy atom. The van der Waals surface area contributed by atoms with E-state index in [0.29, 0.717) is 26.1 Å². The van der Waals surface area contributed by atoms with E-state index >= 15 is 0 Å². The van der Waals surface area contributed by atoms with Crippen LogP contribution in [0.1, 0.15) is 40.0 Å². The second-order valence-corrected chi connectivity index (χ2v) is 5.59. The Kier molecular flexibility index (Phi) is 5.13. The van der Waals surface area contributed by atoms with Crippen LogP contribution < -0.4 is 16.8 Å². The number of nitrogens with one attached hydrogen (secondary N) is 1. The van der Waals surface area contributed by atoms with Crippen molar-refractivity contribution in [2.75, 3.05) is 19.7 Å². The molecule has 0 bridgehead atoms. The molecule has 1 amide bonds. The Hall–Kier alpha value is -0.650. The van der Waals surface area contributed by atoms with Gasteiger partial charge in [-0.15, -0.1) is 0 Å².